The van der Waals surface area contributed by atoms with E-state index in [2.05, 4.69) is 5.32 Å². The van der Waals surface area contributed by atoms with Crippen LogP contribution in [0.5, 0.6) is 0 Å². The third-order valence-electron chi connectivity index (χ3n) is 3.34. The van der Waals surface area contributed by atoms with E-state index in [0.717, 1.165) is 31.2 Å². The fraction of sp³-hybridized carbons (Fsp3) is 0.600. The van der Waals surface area contributed by atoms with E-state index in [0.29, 0.717) is 10.6 Å². The van der Waals surface area contributed by atoms with E-state index in [1.807, 2.05) is 13.8 Å². The van der Waals surface area contributed by atoms with Crippen LogP contribution in [0.1, 0.15) is 53.9 Å². The molecule has 0 unspecified atom stereocenters. The van der Waals surface area contributed by atoms with E-state index in [9.17, 15) is 9.59 Å². The maximum atomic E-state index is 12.4. The van der Waals surface area contributed by atoms with Crippen molar-refractivity contribution < 1.29 is 14.3 Å². The minimum Gasteiger partial charge on any atom is -0.459 e. The van der Waals surface area contributed by atoms with Gasteiger partial charge in [0.1, 0.15) is 10.9 Å². The van der Waals surface area contributed by atoms with E-state index in [-0.39, 0.29) is 23.9 Å². The predicted molar refractivity (Wildman–Crippen MR) is 85.5 cm³/mol. The molecule has 4 nitrogen and oxygen atoms in total. The molecule has 1 aromatic rings. The molecule has 0 spiro atoms. The van der Waals surface area contributed by atoms with Gasteiger partial charge in [0, 0.05) is 4.88 Å². The van der Waals surface area contributed by atoms with Gasteiger partial charge < -0.3 is 10.1 Å². The molecule has 1 N–H and O–H groups in total. The molecule has 0 saturated carbocycles. The Morgan fingerprint density at radius 2 is 2.00 bits per heavy atom. The lowest BCUT2D eigenvalue weighted by Gasteiger charge is -2.11. The Bertz CT molecular complexity index is 539. The highest BCUT2D eigenvalue weighted by Crippen LogP contribution is 2.38. The van der Waals surface area contributed by atoms with Gasteiger partial charge in [-0.05, 0) is 45.1 Å². The predicted octanol–water partition coefficient (Wildman–Crippen LogP) is 3.76. The summed E-state index contributed by atoms with van der Waals surface area (Å²) in [5.41, 5.74) is 1.58. The fourth-order valence-corrected chi connectivity index (χ4v) is 3.84. The average Bonchev–Trinajstić information content (AvgIpc) is 2.59. The maximum absolute atomic E-state index is 12.4. The van der Waals surface area contributed by atoms with Gasteiger partial charge in [0.15, 0.2) is 0 Å². The van der Waals surface area contributed by atoms with E-state index in [4.69, 9.17) is 16.3 Å². The number of carbonyl (C=O) groups excluding carboxylic acids is 2. The number of aryl methyl sites for hydroxylation is 1. The quantitative estimate of drug-likeness (QED) is 0.520. The number of carbonyl (C=O) groups is 2. The molecule has 0 atom stereocenters. The molecule has 6 heteroatoms. The van der Waals surface area contributed by atoms with Crippen molar-refractivity contribution in [3.63, 3.8) is 0 Å². The molecule has 0 radical (unpaired) electrons. The standard InChI is InChI=1S/C15H20ClNO3S/c1-9(2)20-15(19)13-10-6-4-3-5-7-11(10)21-14(13)17-12(18)8-16/h9H,3-8H2,1-2H3,(H,17,18). The summed E-state index contributed by atoms with van der Waals surface area (Å²) < 4.78 is 5.34. The number of alkyl halides is 1. The van der Waals surface area contributed by atoms with Crippen molar-refractivity contribution >= 4 is 39.8 Å². The minimum absolute atomic E-state index is 0.124. The number of hydrogen-bond acceptors (Lipinski definition) is 4. The number of thiophene rings is 1. The van der Waals surface area contributed by atoms with Crippen molar-refractivity contribution in [2.75, 3.05) is 11.2 Å². The number of nitrogens with one attached hydrogen (secondary N) is 1. The Morgan fingerprint density at radius 1 is 1.29 bits per heavy atom. The average molecular weight is 330 g/mol. The molecule has 0 aromatic carbocycles. The highest BCUT2D eigenvalue weighted by atomic mass is 35.5. The second-order valence-electron chi connectivity index (χ2n) is 5.40. The van der Waals surface area contributed by atoms with Crippen LogP contribution >= 0.6 is 22.9 Å². The van der Waals surface area contributed by atoms with E-state index in [1.54, 1.807) is 0 Å². The summed E-state index contributed by atoms with van der Waals surface area (Å²) in [5, 5.41) is 3.32. The molecular weight excluding hydrogens is 310 g/mol. The molecule has 1 aliphatic rings. The smallest absolute Gasteiger partial charge is 0.341 e. The first-order valence-corrected chi connectivity index (χ1v) is 8.59. The second kappa shape index (κ2) is 7.27. The van der Waals surface area contributed by atoms with Crippen LogP contribution in [-0.2, 0) is 22.4 Å². The molecule has 1 aromatic heterocycles. The van der Waals surface area contributed by atoms with Gasteiger partial charge in [-0.15, -0.1) is 22.9 Å². The molecule has 0 saturated heterocycles. The van der Waals surface area contributed by atoms with Crippen molar-refractivity contribution in [2.24, 2.45) is 0 Å². The van der Waals surface area contributed by atoms with E-state index >= 15 is 0 Å². The first kappa shape index (κ1) is 16.3. The molecule has 0 fully saturated rings. The zero-order valence-electron chi connectivity index (χ0n) is 12.3. The van der Waals surface area contributed by atoms with Crippen LogP contribution in [0.3, 0.4) is 0 Å². The monoisotopic (exact) mass is 329 g/mol. The van der Waals surface area contributed by atoms with Crippen LogP contribution in [0.25, 0.3) is 0 Å². The first-order valence-electron chi connectivity index (χ1n) is 7.24. The van der Waals surface area contributed by atoms with E-state index < -0.39 is 0 Å². The van der Waals surface area contributed by atoms with Crippen molar-refractivity contribution in [1.82, 2.24) is 0 Å². The SMILES string of the molecule is CC(C)OC(=O)c1c(NC(=O)CCl)sc2c1CCCCC2. The van der Waals surface area contributed by atoms with Gasteiger partial charge in [0.25, 0.3) is 0 Å². The van der Waals surface area contributed by atoms with Gasteiger partial charge in [0.05, 0.1) is 11.7 Å². The Morgan fingerprint density at radius 3 is 2.67 bits per heavy atom. The lowest BCUT2D eigenvalue weighted by molar-refractivity contribution is -0.113. The topological polar surface area (TPSA) is 55.4 Å². The van der Waals surface area contributed by atoms with Crippen LogP contribution in [0, 0.1) is 0 Å². The molecule has 1 heterocycles. The minimum atomic E-state index is -0.353. The number of hydrogen-bond donors (Lipinski definition) is 1. The fourth-order valence-electron chi connectivity index (χ4n) is 2.48. The van der Waals surface area contributed by atoms with Crippen molar-refractivity contribution in [1.29, 1.82) is 0 Å². The normalized spacial score (nSPS) is 14.5. The number of anilines is 1. The van der Waals surface area contributed by atoms with Gasteiger partial charge >= 0.3 is 5.97 Å². The Kier molecular flexibility index (Phi) is 5.65. The van der Waals surface area contributed by atoms with Crippen molar-refractivity contribution in [2.45, 2.75) is 52.1 Å². The molecule has 1 amide bonds. The third-order valence-corrected chi connectivity index (χ3v) is 4.79. The number of esters is 1. The molecule has 0 aliphatic heterocycles. The van der Waals surface area contributed by atoms with Crippen LogP contribution in [0.4, 0.5) is 5.00 Å². The summed E-state index contributed by atoms with van der Waals surface area (Å²) in [6.07, 6.45) is 4.99. The molecular formula is C15H20ClNO3S. The van der Waals surface area contributed by atoms with Gasteiger partial charge in [0.2, 0.25) is 5.91 Å². The second-order valence-corrected chi connectivity index (χ2v) is 6.78. The highest BCUT2D eigenvalue weighted by Gasteiger charge is 2.27. The molecule has 116 valence electrons. The maximum Gasteiger partial charge on any atom is 0.341 e. The summed E-state index contributed by atoms with van der Waals surface area (Å²) in [7, 11) is 0. The number of rotatable bonds is 4. The van der Waals surface area contributed by atoms with Gasteiger partial charge in [-0.25, -0.2) is 4.79 Å². The van der Waals surface area contributed by atoms with Crippen molar-refractivity contribution in [3.8, 4) is 0 Å². The zero-order chi connectivity index (χ0) is 15.4. The summed E-state index contributed by atoms with van der Waals surface area (Å²) >= 11 is 7.03. The van der Waals surface area contributed by atoms with Crippen LogP contribution in [0.15, 0.2) is 0 Å². The Hall–Kier alpha value is -1.07. The lowest BCUT2D eigenvalue weighted by atomic mass is 10.1. The Labute approximate surface area is 133 Å². The Balaban J connectivity index is 2.39. The number of amides is 1. The summed E-state index contributed by atoms with van der Waals surface area (Å²) in [6, 6.07) is 0. The van der Waals surface area contributed by atoms with Gasteiger partial charge in [-0.2, -0.15) is 0 Å². The largest absolute Gasteiger partial charge is 0.459 e. The van der Waals surface area contributed by atoms with Crippen LogP contribution in [-0.4, -0.2) is 23.9 Å². The molecule has 2 rings (SSSR count). The van der Waals surface area contributed by atoms with Crippen molar-refractivity contribution in [3.05, 3.63) is 16.0 Å². The van der Waals surface area contributed by atoms with Gasteiger partial charge in [-0.1, -0.05) is 6.42 Å². The zero-order valence-corrected chi connectivity index (χ0v) is 13.9. The first-order chi connectivity index (χ1) is 10.0. The van der Waals surface area contributed by atoms with Gasteiger partial charge in [-0.3, -0.25) is 4.79 Å². The number of halogens is 1. The molecule has 0 bridgehead atoms. The molecule has 21 heavy (non-hydrogen) atoms. The van der Waals surface area contributed by atoms with E-state index in [1.165, 1.54) is 22.6 Å². The number of fused-ring (bicyclic) bond motifs is 1. The number of ether oxygens (including phenoxy) is 1. The van der Waals surface area contributed by atoms with Crippen LogP contribution in [0.2, 0.25) is 0 Å². The van der Waals surface area contributed by atoms with Crippen LogP contribution < -0.4 is 5.32 Å². The summed E-state index contributed by atoms with van der Waals surface area (Å²) in [5.74, 6) is -0.776. The molecule has 1 aliphatic carbocycles. The lowest BCUT2D eigenvalue weighted by Crippen LogP contribution is -2.17. The third kappa shape index (κ3) is 3.98. The summed E-state index contributed by atoms with van der Waals surface area (Å²) in [6.45, 7) is 3.64. The summed E-state index contributed by atoms with van der Waals surface area (Å²) in [4.78, 5) is 25.1. The highest BCUT2D eigenvalue weighted by molar-refractivity contribution is 7.17.